The zero-order valence-corrected chi connectivity index (χ0v) is 17.4. The minimum Gasteiger partial charge on any atom is -0.339 e. The number of hydrogen-bond donors (Lipinski definition) is 0. The first-order chi connectivity index (χ1) is 13.6. The molecule has 8 heteroatoms. The van der Waals surface area contributed by atoms with Crippen LogP contribution in [0.5, 0.6) is 0 Å². The fourth-order valence-corrected chi connectivity index (χ4v) is 6.03. The van der Waals surface area contributed by atoms with Crippen molar-refractivity contribution in [2.24, 2.45) is 5.92 Å². The van der Waals surface area contributed by atoms with E-state index in [0.717, 1.165) is 48.2 Å². The molecule has 1 unspecified atom stereocenters. The molecule has 1 saturated carbocycles. The highest BCUT2D eigenvalue weighted by Gasteiger charge is 2.30. The fourth-order valence-electron chi connectivity index (χ4n) is 3.76. The smallest absolute Gasteiger partial charge is 0.263 e. The summed E-state index contributed by atoms with van der Waals surface area (Å²) in [4.78, 5) is 24.8. The molecule has 5 rings (SSSR count). The van der Waals surface area contributed by atoms with Gasteiger partial charge < -0.3 is 4.52 Å². The third-order valence-electron chi connectivity index (χ3n) is 5.43. The lowest BCUT2D eigenvalue weighted by Gasteiger charge is -2.17. The second-order valence-corrected chi connectivity index (χ2v) is 9.77. The van der Waals surface area contributed by atoms with E-state index in [2.05, 4.69) is 23.6 Å². The molecular formula is C20H22N4O2S2. The second-order valence-electron chi connectivity index (χ2n) is 7.74. The van der Waals surface area contributed by atoms with Gasteiger partial charge in [-0.2, -0.15) is 4.98 Å². The predicted octanol–water partition coefficient (Wildman–Crippen LogP) is 4.32. The van der Waals surface area contributed by atoms with E-state index >= 15 is 0 Å². The summed E-state index contributed by atoms with van der Waals surface area (Å²) in [5.74, 6) is 3.05. The molecule has 0 N–H and O–H groups in total. The van der Waals surface area contributed by atoms with Gasteiger partial charge in [-0.1, -0.05) is 29.9 Å². The molecule has 3 heterocycles. The topological polar surface area (TPSA) is 73.8 Å². The Morgan fingerprint density at radius 2 is 2.21 bits per heavy atom. The molecule has 1 fully saturated rings. The maximum Gasteiger partial charge on any atom is 0.263 e. The van der Waals surface area contributed by atoms with Crippen LogP contribution in [0.4, 0.5) is 0 Å². The Kier molecular flexibility index (Phi) is 4.63. The monoisotopic (exact) mass is 414 g/mol. The first-order valence-corrected chi connectivity index (χ1v) is 11.6. The first kappa shape index (κ1) is 18.1. The number of aromatic nitrogens is 4. The van der Waals surface area contributed by atoms with Gasteiger partial charge in [0.05, 0.1) is 11.1 Å². The molecule has 0 spiro atoms. The van der Waals surface area contributed by atoms with Crippen molar-refractivity contribution in [3.8, 4) is 0 Å². The number of nitrogens with zero attached hydrogens (tertiary/aromatic N) is 4. The Bertz CT molecular complexity index is 1110. The highest BCUT2D eigenvalue weighted by molar-refractivity contribution is 7.98. The van der Waals surface area contributed by atoms with Crippen molar-refractivity contribution in [2.75, 3.05) is 0 Å². The normalized spacial score (nSPS) is 19.1. The number of thioether (sulfide) groups is 1. The zero-order valence-electron chi connectivity index (χ0n) is 15.8. The molecule has 146 valence electrons. The van der Waals surface area contributed by atoms with Gasteiger partial charge in [-0.3, -0.25) is 9.36 Å². The third-order valence-corrected chi connectivity index (χ3v) is 7.55. The van der Waals surface area contributed by atoms with Crippen LogP contribution in [-0.2, 0) is 25.1 Å². The van der Waals surface area contributed by atoms with Crippen LogP contribution in [0.2, 0.25) is 0 Å². The maximum absolute atomic E-state index is 13.3. The van der Waals surface area contributed by atoms with E-state index in [9.17, 15) is 4.79 Å². The van der Waals surface area contributed by atoms with Gasteiger partial charge in [-0.15, -0.1) is 17.9 Å². The zero-order chi connectivity index (χ0) is 19.3. The lowest BCUT2D eigenvalue weighted by atomic mass is 9.89. The molecule has 0 amide bonds. The number of allylic oxidation sites excluding steroid dienone is 1. The average Bonchev–Trinajstić information content (AvgIpc) is 3.31. The van der Waals surface area contributed by atoms with Crippen molar-refractivity contribution >= 4 is 33.3 Å². The molecule has 0 aliphatic heterocycles. The summed E-state index contributed by atoms with van der Waals surface area (Å²) in [6.07, 6.45) is 7.17. The fraction of sp³-hybridized carbons (Fsp3) is 0.500. The molecule has 3 aromatic rings. The van der Waals surface area contributed by atoms with Gasteiger partial charge in [0.25, 0.3) is 5.56 Å². The Morgan fingerprint density at radius 1 is 1.36 bits per heavy atom. The molecule has 1 atom stereocenters. The first-order valence-electron chi connectivity index (χ1n) is 9.75. The van der Waals surface area contributed by atoms with E-state index < -0.39 is 0 Å². The number of hydrogen-bond acceptors (Lipinski definition) is 7. The van der Waals surface area contributed by atoms with Crippen LogP contribution in [0.3, 0.4) is 0 Å². The predicted molar refractivity (Wildman–Crippen MR) is 111 cm³/mol. The largest absolute Gasteiger partial charge is 0.339 e. The average molecular weight is 415 g/mol. The van der Waals surface area contributed by atoms with Crippen molar-refractivity contribution in [1.29, 1.82) is 0 Å². The van der Waals surface area contributed by atoms with Crippen LogP contribution in [0.25, 0.3) is 10.2 Å². The van der Waals surface area contributed by atoms with Crippen molar-refractivity contribution in [3.05, 3.63) is 45.2 Å². The van der Waals surface area contributed by atoms with E-state index in [0.29, 0.717) is 35.1 Å². The van der Waals surface area contributed by atoms with Crippen LogP contribution in [0.1, 0.15) is 54.3 Å². The van der Waals surface area contributed by atoms with Crippen molar-refractivity contribution in [1.82, 2.24) is 19.7 Å². The second kappa shape index (κ2) is 7.15. The summed E-state index contributed by atoms with van der Waals surface area (Å²) < 4.78 is 7.07. The molecule has 0 aromatic carbocycles. The molecule has 2 aliphatic rings. The van der Waals surface area contributed by atoms with Crippen molar-refractivity contribution < 1.29 is 4.52 Å². The quantitative estimate of drug-likeness (QED) is 0.340. The van der Waals surface area contributed by atoms with Crippen LogP contribution >= 0.6 is 23.1 Å². The van der Waals surface area contributed by atoms with Crippen LogP contribution < -0.4 is 5.56 Å². The van der Waals surface area contributed by atoms with Gasteiger partial charge in [-0.05, 0) is 43.6 Å². The van der Waals surface area contributed by atoms with Gasteiger partial charge >= 0.3 is 0 Å². The standard InChI is InChI=1S/C20H22N4O2S2/c1-3-8-24-19(25)16-13-7-4-11(2)9-14(13)28-18(16)22-20(24)27-10-15-21-17(26-23-15)12-5-6-12/h3,11-12H,1,4-10H2,2H3. The van der Waals surface area contributed by atoms with Gasteiger partial charge in [0.1, 0.15) is 4.83 Å². The van der Waals surface area contributed by atoms with Gasteiger partial charge in [0.2, 0.25) is 5.89 Å². The summed E-state index contributed by atoms with van der Waals surface area (Å²) in [5, 5.41) is 5.58. The summed E-state index contributed by atoms with van der Waals surface area (Å²) in [6, 6.07) is 0. The molecular weight excluding hydrogens is 392 g/mol. The van der Waals surface area contributed by atoms with Crippen LogP contribution in [-0.4, -0.2) is 19.7 Å². The summed E-state index contributed by atoms with van der Waals surface area (Å²) >= 11 is 3.17. The van der Waals surface area contributed by atoms with Crippen molar-refractivity contribution in [2.45, 2.75) is 62.4 Å². The molecule has 2 aliphatic carbocycles. The Morgan fingerprint density at radius 3 is 3.00 bits per heavy atom. The maximum atomic E-state index is 13.3. The van der Waals surface area contributed by atoms with E-state index in [-0.39, 0.29) is 5.56 Å². The Hall–Kier alpha value is -1.93. The molecule has 0 bridgehead atoms. The highest BCUT2D eigenvalue weighted by Crippen LogP contribution is 2.39. The number of fused-ring (bicyclic) bond motifs is 3. The Labute approximate surface area is 171 Å². The highest BCUT2D eigenvalue weighted by atomic mass is 32.2. The summed E-state index contributed by atoms with van der Waals surface area (Å²) in [5.41, 5.74) is 1.27. The van der Waals surface area contributed by atoms with Gasteiger partial charge in [-0.25, -0.2) is 4.98 Å². The molecule has 0 saturated heterocycles. The summed E-state index contributed by atoms with van der Waals surface area (Å²) in [6.45, 7) is 6.54. The Balaban J connectivity index is 1.50. The van der Waals surface area contributed by atoms with E-state index in [1.54, 1.807) is 22.0 Å². The molecule has 6 nitrogen and oxygen atoms in total. The minimum absolute atomic E-state index is 0.0474. The molecule has 3 aromatic heterocycles. The number of rotatable bonds is 6. The SMILES string of the molecule is C=CCn1c(SCc2noc(C3CC3)n2)nc2sc3c(c2c1=O)CCC(C)C3. The summed E-state index contributed by atoms with van der Waals surface area (Å²) in [7, 11) is 0. The van der Waals surface area contributed by atoms with Crippen LogP contribution in [0.15, 0.2) is 27.1 Å². The van der Waals surface area contributed by atoms with E-state index in [4.69, 9.17) is 9.51 Å². The minimum atomic E-state index is 0.0474. The third kappa shape index (κ3) is 3.22. The lowest BCUT2D eigenvalue weighted by Crippen LogP contribution is -2.23. The van der Waals surface area contributed by atoms with E-state index in [1.165, 1.54) is 22.2 Å². The molecule has 0 radical (unpaired) electrons. The lowest BCUT2D eigenvalue weighted by molar-refractivity contribution is 0.375. The van der Waals surface area contributed by atoms with Crippen molar-refractivity contribution in [3.63, 3.8) is 0 Å². The van der Waals surface area contributed by atoms with Gasteiger partial charge in [0, 0.05) is 17.3 Å². The van der Waals surface area contributed by atoms with Crippen LogP contribution in [0, 0.1) is 5.92 Å². The molecule has 28 heavy (non-hydrogen) atoms. The van der Waals surface area contributed by atoms with Gasteiger partial charge in [0.15, 0.2) is 11.0 Å². The number of thiophene rings is 1. The number of aryl methyl sites for hydroxylation is 1. The van der Waals surface area contributed by atoms with E-state index in [1.807, 2.05) is 0 Å².